The maximum atomic E-state index is 13.1. The minimum atomic E-state index is -1.67. The van der Waals surface area contributed by atoms with E-state index in [1.807, 2.05) is 6.08 Å². The van der Waals surface area contributed by atoms with Gasteiger partial charge in [0.15, 0.2) is 6.29 Å². The number of nitrogens with one attached hydrogen (secondary N) is 1. The van der Waals surface area contributed by atoms with Crippen molar-refractivity contribution < 1.29 is 55.1 Å². The second kappa shape index (κ2) is 35.9. The smallest absolute Gasteiger partial charge is 0.249 e. The molecule has 1 fully saturated rings. The fraction of sp³-hybridized carbons (Fsp3) is 0.896. The Morgan fingerprint density at radius 2 is 1.15 bits per heavy atom. The first kappa shape index (κ1) is 56.6. The van der Waals surface area contributed by atoms with Crippen molar-refractivity contribution in [3.05, 3.63) is 24.3 Å². The molecule has 0 saturated carbocycles. The van der Waals surface area contributed by atoms with Crippen LogP contribution in [0.5, 0.6) is 0 Å². The average Bonchev–Trinajstić information content (AvgIpc) is 3.23. The summed E-state index contributed by atoms with van der Waals surface area (Å²) in [7, 11) is 0. The molecular weight excluding hydrogens is 767 g/mol. The summed E-state index contributed by atoms with van der Waals surface area (Å²) in [6.45, 7) is 4.93. The van der Waals surface area contributed by atoms with Crippen LogP contribution in [0.1, 0.15) is 201 Å². The van der Waals surface area contributed by atoms with Crippen LogP contribution in [-0.4, -0.2) is 121 Å². The first-order valence-corrected chi connectivity index (χ1v) is 24.2. The molecule has 12 nitrogen and oxygen atoms in total. The molecule has 354 valence electrons. The summed E-state index contributed by atoms with van der Waals surface area (Å²) in [5.74, 6) is -0.698. The number of aliphatic hydroxyl groups excluding tert-OH is 7. The minimum absolute atomic E-state index is 0.202. The first-order chi connectivity index (χ1) is 28.9. The van der Waals surface area contributed by atoms with Crippen molar-refractivity contribution in [1.82, 2.24) is 5.32 Å². The monoisotopic (exact) mass is 858 g/mol. The lowest BCUT2D eigenvalue weighted by molar-refractivity contribution is -0.302. The molecule has 9 N–H and O–H groups in total. The van der Waals surface area contributed by atoms with E-state index in [4.69, 9.17) is 9.47 Å². The molecule has 60 heavy (non-hydrogen) atoms. The van der Waals surface area contributed by atoms with Crippen LogP contribution in [-0.2, 0) is 14.3 Å². The Bertz CT molecular complexity index is 1070. The third kappa shape index (κ3) is 26.2. The van der Waals surface area contributed by atoms with Crippen LogP contribution >= 0.6 is 0 Å². The van der Waals surface area contributed by atoms with Crippen LogP contribution in [0.3, 0.4) is 0 Å². The number of rotatable bonds is 39. The average molecular weight is 858 g/mol. The van der Waals surface area contributed by atoms with Crippen molar-refractivity contribution in [1.29, 1.82) is 0 Å². The summed E-state index contributed by atoms with van der Waals surface area (Å²) in [6, 6.07) is -1.12. The third-order valence-corrected chi connectivity index (χ3v) is 12.0. The zero-order valence-corrected chi connectivity index (χ0v) is 38.0. The van der Waals surface area contributed by atoms with Crippen LogP contribution in [0.2, 0.25) is 0 Å². The largest absolute Gasteiger partial charge is 0.394 e. The summed E-state index contributed by atoms with van der Waals surface area (Å²) in [5.41, 5.74) is -1.42. The van der Waals surface area contributed by atoms with E-state index in [-0.39, 0.29) is 12.8 Å². The zero-order valence-electron chi connectivity index (χ0n) is 38.0. The second-order valence-electron chi connectivity index (χ2n) is 17.7. The van der Waals surface area contributed by atoms with Crippen molar-refractivity contribution in [3.8, 4) is 0 Å². The topological polar surface area (TPSA) is 209 Å². The fourth-order valence-corrected chi connectivity index (χ4v) is 7.67. The van der Waals surface area contributed by atoms with E-state index in [2.05, 4.69) is 19.2 Å². The number of aliphatic hydroxyl groups is 8. The van der Waals surface area contributed by atoms with Crippen LogP contribution in [0, 0.1) is 0 Å². The van der Waals surface area contributed by atoms with Gasteiger partial charge in [-0.15, -0.1) is 0 Å². The normalized spacial score (nSPS) is 22.9. The van der Waals surface area contributed by atoms with E-state index < -0.39 is 79.8 Å². The zero-order chi connectivity index (χ0) is 44.4. The first-order valence-electron chi connectivity index (χ1n) is 24.2. The van der Waals surface area contributed by atoms with E-state index in [9.17, 15) is 45.6 Å². The van der Waals surface area contributed by atoms with Crippen molar-refractivity contribution in [3.63, 3.8) is 0 Å². The van der Waals surface area contributed by atoms with Crippen molar-refractivity contribution >= 4 is 5.91 Å². The molecule has 10 atom stereocenters. The van der Waals surface area contributed by atoms with Gasteiger partial charge >= 0.3 is 0 Å². The van der Waals surface area contributed by atoms with Gasteiger partial charge in [0, 0.05) is 0 Å². The molecule has 1 amide bonds. The predicted octanol–water partition coefficient (Wildman–Crippen LogP) is 7.20. The Balaban J connectivity index is 2.51. The molecule has 0 bridgehead atoms. The van der Waals surface area contributed by atoms with Gasteiger partial charge in [-0.25, -0.2) is 0 Å². The Labute approximate surface area is 364 Å². The standard InChI is InChI=1S/C48H91NO11/c1-4-6-8-10-12-13-14-15-16-17-18-19-20-21-22-23-24-26-28-33-40(52)46(57)49-38(37-59-47-45(56)44(55)43(54)41(36-50)60-47)39(51)32-29-30-34-42(53)48(3,58)35-31-27-25-11-9-7-5-2/h29,31-32,35,38-45,47,50-56,58H,4-28,30,33-34,36-37H2,1-3H3,(H,49,57)/b32-29+,35-31+/t38-,39+,40+,41+,42?,43+,44-,45+,47+,48?/m0/s1. The highest BCUT2D eigenvalue weighted by Crippen LogP contribution is 2.23. The van der Waals surface area contributed by atoms with Gasteiger partial charge in [-0.1, -0.05) is 186 Å². The number of allylic oxidation sites excluding steroid dienone is 2. The van der Waals surface area contributed by atoms with Crippen molar-refractivity contribution in [2.45, 2.75) is 261 Å². The van der Waals surface area contributed by atoms with Crippen molar-refractivity contribution in [2.75, 3.05) is 13.2 Å². The Hall–Kier alpha value is -1.45. The highest BCUT2D eigenvalue weighted by molar-refractivity contribution is 5.80. The molecule has 1 heterocycles. The lowest BCUT2D eigenvalue weighted by atomic mass is 9.94. The third-order valence-electron chi connectivity index (χ3n) is 12.0. The number of hydrogen-bond acceptors (Lipinski definition) is 11. The second-order valence-corrected chi connectivity index (χ2v) is 17.7. The summed E-state index contributed by atoms with van der Waals surface area (Å²) in [6.07, 6.45) is 26.4. The van der Waals surface area contributed by atoms with Gasteiger partial charge in [0.05, 0.1) is 31.5 Å². The SMILES string of the molecule is CCCCCCC/C=C/C(C)(O)C(O)CC/C=C/[C@@H](O)[C@H](CO[C@@H]1O[C@H](CO)[C@@H](O)[C@H](O)[C@H]1O)NC(=O)[C@H](O)CCCCCCCCCCCCCCCCCCCCC. The molecule has 1 saturated heterocycles. The number of ether oxygens (including phenoxy) is 2. The summed E-state index contributed by atoms with van der Waals surface area (Å²) >= 11 is 0. The van der Waals surface area contributed by atoms with Gasteiger partial charge in [-0.2, -0.15) is 0 Å². The predicted molar refractivity (Wildman–Crippen MR) is 239 cm³/mol. The molecular formula is C48H91NO11. The van der Waals surface area contributed by atoms with Crippen LogP contribution < -0.4 is 5.32 Å². The highest BCUT2D eigenvalue weighted by Gasteiger charge is 2.44. The minimum Gasteiger partial charge on any atom is -0.394 e. The van der Waals surface area contributed by atoms with Gasteiger partial charge in [0.2, 0.25) is 5.91 Å². The molecule has 1 rings (SSSR count). The molecule has 2 unspecified atom stereocenters. The molecule has 0 aromatic rings. The summed E-state index contributed by atoms with van der Waals surface area (Å²) in [5, 5.41) is 86.2. The Morgan fingerprint density at radius 3 is 1.65 bits per heavy atom. The summed E-state index contributed by atoms with van der Waals surface area (Å²) < 4.78 is 11.1. The number of unbranched alkanes of at least 4 members (excludes halogenated alkanes) is 23. The van der Waals surface area contributed by atoms with Crippen LogP contribution in [0.25, 0.3) is 0 Å². The van der Waals surface area contributed by atoms with Gasteiger partial charge in [-0.05, 0) is 39.0 Å². The van der Waals surface area contributed by atoms with Crippen molar-refractivity contribution in [2.24, 2.45) is 0 Å². The Morgan fingerprint density at radius 1 is 0.667 bits per heavy atom. The molecule has 1 aliphatic rings. The molecule has 12 heteroatoms. The van der Waals surface area contributed by atoms with E-state index in [0.717, 1.165) is 38.5 Å². The fourth-order valence-electron chi connectivity index (χ4n) is 7.67. The number of hydrogen-bond donors (Lipinski definition) is 9. The maximum Gasteiger partial charge on any atom is 0.249 e. The van der Waals surface area contributed by atoms with Crippen LogP contribution in [0.15, 0.2) is 24.3 Å². The number of amides is 1. The number of carbonyl (C=O) groups excluding carboxylic acids is 1. The van der Waals surface area contributed by atoms with E-state index in [0.29, 0.717) is 12.8 Å². The van der Waals surface area contributed by atoms with Gasteiger partial charge in [0.25, 0.3) is 0 Å². The summed E-state index contributed by atoms with van der Waals surface area (Å²) in [4.78, 5) is 13.1. The molecule has 0 spiro atoms. The molecule has 0 aromatic carbocycles. The van der Waals surface area contributed by atoms with E-state index >= 15 is 0 Å². The quantitative estimate of drug-likeness (QED) is 0.0223. The Kier molecular flexibility index (Phi) is 33.9. The molecule has 0 radical (unpaired) electrons. The van der Waals surface area contributed by atoms with Gasteiger partial charge in [-0.3, -0.25) is 4.79 Å². The molecule has 0 aromatic heterocycles. The van der Waals surface area contributed by atoms with Crippen LogP contribution in [0.4, 0.5) is 0 Å². The molecule has 1 aliphatic heterocycles. The van der Waals surface area contributed by atoms with Gasteiger partial charge < -0.3 is 55.6 Å². The number of carbonyl (C=O) groups is 1. The lowest BCUT2D eigenvalue weighted by Gasteiger charge is -2.40. The highest BCUT2D eigenvalue weighted by atomic mass is 16.7. The van der Waals surface area contributed by atoms with E-state index in [1.165, 1.54) is 122 Å². The maximum absolute atomic E-state index is 13.1. The van der Waals surface area contributed by atoms with E-state index in [1.54, 1.807) is 19.1 Å². The molecule has 0 aliphatic carbocycles. The van der Waals surface area contributed by atoms with Gasteiger partial charge in [0.1, 0.15) is 36.1 Å². The lowest BCUT2D eigenvalue weighted by Crippen LogP contribution is -2.60.